The van der Waals surface area contributed by atoms with Gasteiger partial charge in [-0.1, -0.05) is 155 Å². The van der Waals surface area contributed by atoms with E-state index in [0.29, 0.717) is 0 Å². The summed E-state index contributed by atoms with van der Waals surface area (Å²) < 4.78 is 7.45. The molecule has 0 amide bonds. The van der Waals surface area contributed by atoms with Gasteiger partial charge in [0.2, 0.25) is 0 Å². The van der Waals surface area contributed by atoms with Crippen molar-refractivity contribution < 1.29 is 4.42 Å². The molecular weight excluding hydrogens is 862 g/mol. The summed E-state index contributed by atoms with van der Waals surface area (Å²) in [5.41, 5.74) is 24.8. The third-order valence-corrected chi connectivity index (χ3v) is 17.4. The lowest BCUT2D eigenvalue weighted by Crippen LogP contribution is -2.61. The Morgan fingerprint density at radius 2 is 1.08 bits per heavy atom. The van der Waals surface area contributed by atoms with E-state index in [0.717, 1.165) is 64.3 Å². The van der Waals surface area contributed by atoms with Crippen molar-refractivity contribution in [2.24, 2.45) is 0 Å². The maximum Gasteiger partial charge on any atom is 0.297 e. The highest BCUT2D eigenvalue weighted by Crippen LogP contribution is 2.57. The normalized spacial score (nSPS) is 17.8. The number of fused-ring (bicyclic) bond motifs is 9. The van der Waals surface area contributed by atoms with Gasteiger partial charge in [0.25, 0.3) is 6.71 Å². The molecule has 2 aliphatic carbocycles. The summed E-state index contributed by atoms with van der Waals surface area (Å²) in [6.45, 7) is 31.1. The summed E-state index contributed by atoms with van der Waals surface area (Å²) >= 11 is 0. The SMILES string of the molecule is Cc1ccc2oc3c(c2c1)N(c1ccc(C(C)(C)C)cc1)c1cc(N(c2ccccc2)c2ccccc2)cc2c1B3c1ccc3c(c1N2c1cc2c(cc1C)C(C)(C)CCC2(C)C)C(C)(C)CCC3(C)C. The molecule has 0 N–H and O–H groups in total. The second kappa shape index (κ2) is 15.5. The molecule has 71 heavy (non-hydrogen) atoms. The Kier molecular flexibility index (Phi) is 9.98. The number of anilines is 9. The highest BCUT2D eigenvalue weighted by Gasteiger charge is 2.51. The largest absolute Gasteiger partial charge is 0.468 e. The van der Waals surface area contributed by atoms with E-state index in [2.05, 4.69) is 244 Å². The molecule has 358 valence electrons. The molecule has 1 aromatic heterocycles. The Morgan fingerprint density at radius 3 is 1.69 bits per heavy atom. The highest BCUT2D eigenvalue weighted by atomic mass is 16.3. The number of nitrogens with zero attached hydrogens (tertiary/aromatic N) is 3. The first-order valence-corrected chi connectivity index (χ1v) is 26.3. The topological polar surface area (TPSA) is 22.9 Å². The van der Waals surface area contributed by atoms with Crippen molar-refractivity contribution in [2.45, 2.75) is 143 Å². The first-order valence-electron chi connectivity index (χ1n) is 26.3. The van der Waals surface area contributed by atoms with Gasteiger partial charge in [-0.2, -0.15) is 0 Å². The number of rotatable bonds is 5. The molecule has 0 saturated heterocycles. The molecule has 0 unspecified atom stereocenters. The number of furan rings is 1. The van der Waals surface area contributed by atoms with Crippen LogP contribution >= 0.6 is 0 Å². The van der Waals surface area contributed by atoms with Crippen LogP contribution in [0.1, 0.15) is 141 Å². The quantitative estimate of drug-likeness (QED) is 0.160. The molecule has 12 rings (SSSR count). The average Bonchev–Trinajstić information content (AvgIpc) is 3.70. The minimum atomic E-state index is -0.172. The van der Waals surface area contributed by atoms with Crippen molar-refractivity contribution in [1.82, 2.24) is 0 Å². The van der Waals surface area contributed by atoms with E-state index in [1.807, 2.05) is 0 Å². The van der Waals surface area contributed by atoms with Gasteiger partial charge in [0.05, 0.1) is 17.0 Å². The molecule has 3 heterocycles. The molecule has 0 saturated carbocycles. The van der Waals surface area contributed by atoms with E-state index in [4.69, 9.17) is 4.42 Å². The number of hydrogen-bond acceptors (Lipinski definition) is 4. The number of hydrogen-bond donors (Lipinski definition) is 0. The van der Waals surface area contributed by atoms with Gasteiger partial charge in [0.1, 0.15) is 5.58 Å². The number of aryl methyl sites for hydroxylation is 2. The third kappa shape index (κ3) is 6.99. The van der Waals surface area contributed by atoms with Crippen LogP contribution in [-0.4, -0.2) is 6.71 Å². The smallest absolute Gasteiger partial charge is 0.297 e. The van der Waals surface area contributed by atoms with E-state index in [9.17, 15) is 0 Å². The van der Waals surface area contributed by atoms with E-state index in [1.54, 1.807) is 0 Å². The van der Waals surface area contributed by atoms with Crippen LogP contribution in [0.4, 0.5) is 51.2 Å². The zero-order chi connectivity index (χ0) is 49.7. The Hall–Kier alpha value is -6.46. The minimum Gasteiger partial charge on any atom is -0.468 e. The Balaban J connectivity index is 1.28. The van der Waals surface area contributed by atoms with Crippen molar-refractivity contribution >= 4 is 85.5 Å². The van der Waals surface area contributed by atoms with Crippen LogP contribution in [0, 0.1) is 13.8 Å². The standard InChI is InChI=1S/C66H70BN3O/c1-41-24-31-56-48(36-41)59-61(71-56)67-52-30-29-49-57(66(12,13)35-34-63(49,6)7)60(52)70(53-40-51-50(37-42(53)2)64(8,9)32-33-65(51,10)11)55-39-47(68(44-20-16-14-17-21-44)45-22-18-15-19-23-45)38-54(58(55)67)69(59)46-27-25-43(26-28-46)62(3,4)5/h14-31,36-40H,32-35H2,1-13H3. The fraction of sp³-hybridized carbons (Fsp3) is 0.333. The Labute approximate surface area is 423 Å². The summed E-state index contributed by atoms with van der Waals surface area (Å²) in [5, 5.41) is 1.14. The number of benzene rings is 7. The van der Waals surface area contributed by atoms with E-state index >= 15 is 0 Å². The van der Waals surface area contributed by atoms with Crippen molar-refractivity contribution in [2.75, 3.05) is 14.7 Å². The van der Waals surface area contributed by atoms with Gasteiger partial charge in [-0.25, -0.2) is 0 Å². The Bertz CT molecular complexity index is 3400. The number of para-hydroxylation sites is 2. The highest BCUT2D eigenvalue weighted by molar-refractivity contribution is 7.00. The fourth-order valence-electron chi connectivity index (χ4n) is 13.1. The summed E-state index contributed by atoms with van der Waals surface area (Å²) in [5.74, 6) is 0. The molecular formula is C66H70BN3O. The third-order valence-electron chi connectivity index (χ3n) is 17.4. The van der Waals surface area contributed by atoms with Crippen molar-refractivity contribution in [3.63, 3.8) is 0 Å². The van der Waals surface area contributed by atoms with Crippen molar-refractivity contribution in [1.29, 1.82) is 0 Å². The summed E-state index contributed by atoms with van der Waals surface area (Å²) in [6.07, 6.45) is 4.57. The second-order valence-electron chi connectivity index (χ2n) is 25.3. The first-order chi connectivity index (χ1) is 33.6. The van der Waals surface area contributed by atoms with Gasteiger partial charge >= 0.3 is 0 Å². The molecule has 4 aliphatic rings. The van der Waals surface area contributed by atoms with Crippen LogP contribution in [-0.2, 0) is 27.1 Å². The Morgan fingerprint density at radius 1 is 0.521 bits per heavy atom. The average molecular weight is 932 g/mol. The summed E-state index contributed by atoms with van der Waals surface area (Å²) in [6, 6.07) is 53.2. The molecule has 0 radical (unpaired) electrons. The molecule has 0 fully saturated rings. The van der Waals surface area contributed by atoms with Gasteiger partial charge < -0.3 is 19.1 Å². The van der Waals surface area contributed by atoms with Crippen LogP contribution in [0.5, 0.6) is 0 Å². The molecule has 0 atom stereocenters. The predicted molar refractivity (Wildman–Crippen MR) is 304 cm³/mol. The molecule has 0 bridgehead atoms. The lowest BCUT2D eigenvalue weighted by atomic mass is 9.35. The van der Waals surface area contributed by atoms with E-state index in [-0.39, 0.29) is 33.8 Å². The van der Waals surface area contributed by atoms with E-state index < -0.39 is 0 Å². The fourth-order valence-corrected chi connectivity index (χ4v) is 13.1. The van der Waals surface area contributed by atoms with Crippen LogP contribution in [0.25, 0.3) is 11.0 Å². The zero-order valence-electron chi connectivity index (χ0n) is 44.4. The summed E-state index contributed by atoms with van der Waals surface area (Å²) in [7, 11) is 0. The van der Waals surface area contributed by atoms with Gasteiger partial charge in [0, 0.05) is 45.2 Å². The molecule has 0 spiro atoms. The van der Waals surface area contributed by atoms with Gasteiger partial charge in [-0.05, 0) is 178 Å². The van der Waals surface area contributed by atoms with Gasteiger partial charge in [-0.3, -0.25) is 0 Å². The maximum atomic E-state index is 7.45. The lowest BCUT2D eigenvalue weighted by Gasteiger charge is -2.49. The second-order valence-corrected chi connectivity index (χ2v) is 25.3. The molecule has 2 aliphatic heterocycles. The molecule has 8 aromatic rings. The van der Waals surface area contributed by atoms with E-state index in [1.165, 1.54) is 79.0 Å². The molecule has 5 heteroatoms. The molecule has 7 aromatic carbocycles. The van der Waals surface area contributed by atoms with Crippen LogP contribution in [0.3, 0.4) is 0 Å². The maximum absolute atomic E-state index is 7.45. The monoisotopic (exact) mass is 932 g/mol. The van der Waals surface area contributed by atoms with Crippen molar-refractivity contribution in [3.05, 3.63) is 178 Å². The summed E-state index contributed by atoms with van der Waals surface area (Å²) in [4.78, 5) is 7.78. The van der Waals surface area contributed by atoms with Gasteiger partial charge in [-0.15, -0.1) is 0 Å². The first kappa shape index (κ1) is 45.7. The molecule has 4 nitrogen and oxygen atoms in total. The van der Waals surface area contributed by atoms with Crippen LogP contribution < -0.4 is 31.3 Å². The lowest BCUT2D eigenvalue weighted by molar-refractivity contribution is 0.331. The van der Waals surface area contributed by atoms with Crippen LogP contribution in [0.15, 0.2) is 144 Å². The zero-order valence-corrected chi connectivity index (χ0v) is 44.4. The minimum absolute atomic E-state index is 0.00218. The van der Waals surface area contributed by atoms with Gasteiger partial charge in [0.15, 0.2) is 0 Å². The van der Waals surface area contributed by atoms with Crippen molar-refractivity contribution in [3.8, 4) is 0 Å². The van der Waals surface area contributed by atoms with Crippen LogP contribution in [0.2, 0.25) is 0 Å². The predicted octanol–water partition coefficient (Wildman–Crippen LogP) is 16.6.